The van der Waals surface area contributed by atoms with E-state index < -0.39 is 16.1 Å². The van der Waals surface area contributed by atoms with E-state index in [1.165, 1.54) is 4.31 Å². The molecule has 1 fully saturated rings. The van der Waals surface area contributed by atoms with Crippen LogP contribution in [0.25, 0.3) is 0 Å². The molecule has 1 heterocycles. The number of sulfonamides is 1. The number of amides is 1. The molecule has 1 aromatic carbocycles. The first-order valence-electron chi connectivity index (χ1n) is 6.52. The van der Waals surface area contributed by atoms with Crippen molar-refractivity contribution in [1.29, 1.82) is 0 Å². The van der Waals surface area contributed by atoms with E-state index in [1.807, 2.05) is 0 Å². The molecule has 1 saturated heterocycles. The van der Waals surface area contributed by atoms with E-state index >= 15 is 0 Å². The molecule has 1 atom stereocenters. The zero-order valence-corrected chi connectivity index (χ0v) is 12.2. The molecule has 0 spiro atoms. The van der Waals surface area contributed by atoms with Crippen LogP contribution in [0.4, 0.5) is 0 Å². The van der Waals surface area contributed by atoms with E-state index in [9.17, 15) is 13.2 Å². The molecule has 0 aliphatic carbocycles. The Hall–Kier alpha value is -1.44. The van der Waals surface area contributed by atoms with Gasteiger partial charge in [0.25, 0.3) is 0 Å². The number of nitrogens with zero attached hydrogens (tertiary/aromatic N) is 2. The predicted octanol–water partition coefficient (Wildman–Crippen LogP) is -0.133. The van der Waals surface area contributed by atoms with Gasteiger partial charge in [0, 0.05) is 26.2 Å². The lowest BCUT2D eigenvalue weighted by atomic mass is 10.2. The van der Waals surface area contributed by atoms with Crippen LogP contribution in [0.3, 0.4) is 0 Å². The second-order valence-electron chi connectivity index (χ2n) is 4.83. The van der Waals surface area contributed by atoms with Gasteiger partial charge in [-0.2, -0.15) is 4.31 Å². The number of piperazine rings is 1. The summed E-state index contributed by atoms with van der Waals surface area (Å²) in [5.41, 5.74) is 5.56. The van der Waals surface area contributed by atoms with E-state index in [2.05, 4.69) is 0 Å². The summed E-state index contributed by atoms with van der Waals surface area (Å²) in [6.45, 7) is 3.00. The molecule has 0 radical (unpaired) electrons. The minimum Gasteiger partial charge on any atom is -0.339 e. The van der Waals surface area contributed by atoms with Crippen molar-refractivity contribution in [3.05, 3.63) is 30.3 Å². The van der Waals surface area contributed by atoms with Gasteiger partial charge in [0.2, 0.25) is 15.9 Å². The molecule has 0 aromatic heterocycles. The van der Waals surface area contributed by atoms with Gasteiger partial charge in [-0.05, 0) is 19.1 Å². The van der Waals surface area contributed by atoms with E-state index in [0.717, 1.165) is 0 Å². The Balaban J connectivity index is 2.06. The third kappa shape index (κ3) is 3.00. The summed E-state index contributed by atoms with van der Waals surface area (Å²) < 4.78 is 26.2. The minimum absolute atomic E-state index is 0.137. The Morgan fingerprint density at radius 2 is 1.70 bits per heavy atom. The molecule has 0 bridgehead atoms. The van der Waals surface area contributed by atoms with Crippen molar-refractivity contribution in [1.82, 2.24) is 9.21 Å². The van der Waals surface area contributed by atoms with E-state index in [0.29, 0.717) is 26.2 Å². The Morgan fingerprint density at radius 1 is 1.15 bits per heavy atom. The summed E-state index contributed by atoms with van der Waals surface area (Å²) in [5.74, 6) is -0.137. The van der Waals surface area contributed by atoms with Crippen molar-refractivity contribution >= 4 is 15.9 Å². The van der Waals surface area contributed by atoms with Gasteiger partial charge in [0.15, 0.2) is 0 Å². The molecule has 1 aliphatic heterocycles. The highest BCUT2D eigenvalue weighted by atomic mass is 32.2. The fraction of sp³-hybridized carbons (Fsp3) is 0.462. The standard InChI is InChI=1S/C13H19N3O3S/c1-11(14)13(17)15-7-9-16(10-8-15)20(18,19)12-5-3-2-4-6-12/h2-6,11H,7-10,14H2,1H3. The quantitative estimate of drug-likeness (QED) is 0.842. The second kappa shape index (κ2) is 5.90. The summed E-state index contributed by atoms with van der Waals surface area (Å²) in [4.78, 5) is 13.7. The maximum Gasteiger partial charge on any atom is 0.243 e. The van der Waals surface area contributed by atoms with Crippen molar-refractivity contribution in [3.8, 4) is 0 Å². The molecule has 1 aromatic rings. The molecule has 1 amide bonds. The first-order chi connectivity index (χ1) is 9.43. The van der Waals surface area contributed by atoms with Crippen LogP contribution in [0, 0.1) is 0 Å². The fourth-order valence-electron chi connectivity index (χ4n) is 2.18. The van der Waals surface area contributed by atoms with Crippen LogP contribution in [-0.4, -0.2) is 55.8 Å². The van der Waals surface area contributed by atoms with Crippen LogP contribution < -0.4 is 5.73 Å². The summed E-state index contributed by atoms with van der Waals surface area (Å²) in [6.07, 6.45) is 0. The first-order valence-corrected chi connectivity index (χ1v) is 7.96. The van der Waals surface area contributed by atoms with Gasteiger partial charge in [-0.3, -0.25) is 4.79 Å². The van der Waals surface area contributed by atoms with Gasteiger partial charge >= 0.3 is 0 Å². The number of carbonyl (C=O) groups excluding carboxylic acids is 1. The highest BCUT2D eigenvalue weighted by molar-refractivity contribution is 7.89. The summed E-state index contributed by atoms with van der Waals surface area (Å²) in [5, 5.41) is 0. The monoisotopic (exact) mass is 297 g/mol. The van der Waals surface area contributed by atoms with Crippen molar-refractivity contribution in [2.45, 2.75) is 17.9 Å². The number of carbonyl (C=O) groups is 1. The second-order valence-corrected chi connectivity index (χ2v) is 6.77. The smallest absolute Gasteiger partial charge is 0.243 e. The third-order valence-corrected chi connectivity index (χ3v) is 5.23. The van der Waals surface area contributed by atoms with E-state index in [-0.39, 0.29) is 10.8 Å². The largest absolute Gasteiger partial charge is 0.339 e. The highest BCUT2D eigenvalue weighted by Gasteiger charge is 2.30. The van der Waals surface area contributed by atoms with E-state index in [4.69, 9.17) is 5.73 Å². The van der Waals surface area contributed by atoms with Crippen molar-refractivity contribution in [2.24, 2.45) is 5.73 Å². The Morgan fingerprint density at radius 3 is 2.20 bits per heavy atom. The molecule has 6 nitrogen and oxygen atoms in total. The SMILES string of the molecule is CC(N)C(=O)N1CCN(S(=O)(=O)c2ccccc2)CC1. The average Bonchev–Trinajstić information content (AvgIpc) is 2.47. The molecular weight excluding hydrogens is 278 g/mol. The van der Waals surface area contributed by atoms with Gasteiger partial charge in [-0.25, -0.2) is 8.42 Å². The van der Waals surface area contributed by atoms with Gasteiger partial charge in [-0.1, -0.05) is 18.2 Å². The summed E-state index contributed by atoms with van der Waals surface area (Å²) in [7, 11) is -3.47. The Bertz CT molecular complexity index is 564. The molecular formula is C13H19N3O3S. The lowest BCUT2D eigenvalue weighted by Gasteiger charge is -2.34. The first kappa shape index (κ1) is 15.0. The molecule has 7 heteroatoms. The topological polar surface area (TPSA) is 83.7 Å². The molecule has 2 N–H and O–H groups in total. The lowest BCUT2D eigenvalue weighted by molar-refractivity contribution is -0.133. The van der Waals surface area contributed by atoms with E-state index in [1.54, 1.807) is 42.2 Å². The van der Waals surface area contributed by atoms with Crippen molar-refractivity contribution in [3.63, 3.8) is 0 Å². The van der Waals surface area contributed by atoms with Crippen molar-refractivity contribution in [2.75, 3.05) is 26.2 Å². The van der Waals surface area contributed by atoms with Gasteiger partial charge in [0.1, 0.15) is 0 Å². The fourth-order valence-corrected chi connectivity index (χ4v) is 3.62. The number of benzene rings is 1. The molecule has 20 heavy (non-hydrogen) atoms. The predicted molar refractivity (Wildman–Crippen MR) is 75.4 cm³/mol. The van der Waals surface area contributed by atoms with Crippen LogP contribution in [0.2, 0.25) is 0 Å². The van der Waals surface area contributed by atoms with Gasteiger partial charge < -0.3 is 10.6 Å². The average molecular weight is 297 g/mol. The number of nitrogens with two attached hydrogens (primary N) is 1. The molecule has 1 unspecified atom stereocenters. The maximum absolute atomic E-state index is 12.4. The molecule has 0 saturated carbocycles. The minimum atomic E-state index is -3.47. The Labute approximate surface area is 119 Å². The Kier molecular flexibility index (Phi) is 4.42. The van der Waals surface area contributed by atoms with Crippen LogP contribution in [-0.2, 0) is 14.8 Å². The van der Waals surface area contributed by atoms with Crippen LogP contribution in [0.5, 0.6) is 0 Å². The van der Waals surface area contributed by atoms with Crippen molar-refractivity contribution < 1.29 is 13.2 Å². The van der Waals surface area contributed by atoms with Gasteiger partial charge in [0.05, 0.1) is 10.9 Å². The number of hydrogen-bond acceptors (Lipinski definition) is 4. The molecule has 110 valence electrons. The lowest BCUT2D eigenvalue weighted by Crippen LogP contribution is -2.53. The summed E-state index contributed by atoms with van der Waals surface area (Å²) >= 11 is 0. The summed E-state index contributed by atoms with van der Waals surface area (Å²) in [6, 6.07) is 7.78. The highest BCUT2D eigenvalue weighted by Crippen LogP contribution is 2.17. The molecule has 2 rings (SSSR count). The third-order valence-electron chi connectivity index (χ3n) is 3.32. The molecule has 1 aliphatic rings. The normalized spacial score (nSPS) is 18.8. The van der Waals surface area contributed by atoms with Crippen LogP contribution in [0.15, 0.2) is 35.2 Å². The van der Waals surface area contributed by atoms with Crippen LogP contribution in [0.1, 0.15) is 6.92 Å². The number of hydrogen-bond donors (Lipinski definition) is 1. The number of rotatable bonds is 3. The van der Waals surface area contributed by atoms with Crippen LogP contribution >= 0.6 is 0 Å². The zero-order chi connectivity index (χ0) is 14.8. The zero-order valence-electron chi connectivity index (χ0n) is 11.4. The maximum atomic E-state index is 12.4. The van der Waals surface area contributed by atoms with Gasteiger partial charge in [-0.15, -0.1) is 0 Å².